The second kappa shape index (κ2) is 9.99. The van der Waals surface area contributed by atoms with Crippen LogP contribution in [0.4, 0.5) is 0 Å². The van der Waals surface area contributed by atoms with Crippen LogP contribution in [0.25, 0.3) is 11.1 Å². The third-order valence-corrected chi connectivity index (χ3v) is 7.47. The van der Waals surface area contributed by atoms with Crippen LogP contribution in [0, 0.1) is 0 Å². The maximum atomic E-state index is 13.4. The van der Waals surface area contributed by atoms with Gasteiger partial charge in [-0.1, -0.05) is 84.9 Å². The summed E-state index contributed by atoms with van der Waals surface area (Å²) in [5.74, 6) is -2.28. The molecular weight excluding hydrogens is 452 g/mol. The van der Waals surface area contributed by atoms with Crippen LogP contribution in [0.3, 0.4) is 0 Å². The highest BCUT2D eigenvalue weighted by Gasteiger charge is 2.49. The zero-order valence-corrected chi connectivity index (χ0v) is 20.1. The summed E-state index contributed by atoms with van der Waals surface area (Å²) < 4.78 is 0. The number of hydrogen-bond acceptors (Lipinski definition) is 4. The Kier molecular flexibility index (Phi) is 6.61. The van der Waals surface area contributed by atoms with Crippen molar-refractivity contribution >= 4 is 11.9 Å². The van der Waals surface area contributed by atoms with Crippen molar-refractivity contribution in [1.82, 2.24) is 9.80 Å². The van der Waals surface area contributed by atoms with Gasteiger partial charge in [0.2, 0.25) is 0 Å². The lowest BCUT2D eigenvalue weighted by molar-refractivity contribution is -0.145. The van der Waals surface area contributed by atoms with E-state index in [1.165, 1.54) is 5.56 Å². The standard InChI is InChI=1S/C30H30N2O4/c33-26-19-30(15-17-31(18-16-30)20-22-7-3-1-4-8-22)32(28(34)27(26)29(35)36)21-23-11-13-25(14-12-23)24-9-5-2-6-10-24/h1-14,33H,15-21H2,(H,35,36). The van der Waals surface area contributed by atoms with Crippen LogP contribution >= 0.6 is 0 Å². The number of carboxylic acids is 1. The van der Waals surface area contributed by atoms with E-state index in [9.17, 15) is 19.8 Å². The zero-order valence-electron chi connectivity index (χ0n) is 20.1. The van der Waals surface area contributed by atoms with Crippen molar-refractivity contribution in [3.63, 3.8) is 0 Å². The number of aliphatic carboxylic acids is 1. The molecule has 3 aromatic rings. The van der Waals surface area contributed by atoms with Gasteiger partial charge in [0.05, 0.1) is 5.54 Å². The van der Waals surface area contributed by atoms with Crippen molar-refractivity contribution in [3.05, 3.63) is 107 Å². The highest BCUT2D eigenvalue weighted by atomic mass is 16.4. The van der Waals surface area contributed by atoms with Crippen molar-refractivity contribution in [3.8, 4) is 11.1 Å². The summed E-state index contributed by atoms with van der Waals surface area (Å²) in [6.45, 7) is 2.66. The normalized spacial score (nSPS) is 18.0. The Morgan fingerprint density at radius 2 is 1.33 bits per heavy atom. The van der Waals surface area contributed by atoms with Crippen LogP contribution in [-0.2, 0) is 22.7 Å². The molecule has 0 aliphatic carbocycles. The van der Waals surface area contributed by atoms with E-state index in [0.717, 1.165) is 36.3 Å². The number of carboxylic acid groups (broad SMARTS) is 1. The predicted molar refractivity (Wildman–Crippen MR) is 138 cm³/mol. The number of carbonyl (C=O) groups excluding carboxylic acids is 1. The lowest BCUT2D eigenvalue weighted by Crippen LogP contribution is -2.60. The third-order valence-electron chi connectivity index (χ3n) is 7.47. The molecule has 3 aromatic carbocycles. The number of rotatable bonds is 6. The van der Waals surface area contributed by atoms with Crippen LogP contribution in [0.1, 0.15) is 30.4 Å². The van der Waals surface area contributed by atoms with E-state index in [0.29, 0.717) is 19.4 Å². The van der Waals surface area contributed by atoms with Gasteiger partial charge >= 0.3 is 5.97 Å². The Morgan fingerprint density at radius 1 is 0.778 bits per heavy atom. The number of carbonyl (C=O) groups is 2. The molecule has 0 atom stereocenters. The average molecular weight is 483 g/mol. The molecule has 0 saturated carbocycles. The van der Waals surface area contributed by atoms with Crippen LogP contribution in [0.2, 0.25) is 0 Å². The second-order valence-electron chi connectivity index (χ2n) is 9.74. The molecule has 0 unspecified atom stereocenters. The van der Waals surface area contributed by atoms with Gasteiger partial charge in [-0.15, -0.1) is 0 Å². The van der Waals surface area contributed by atoms with Gasteiger partial charge in [0, 0.05) is 32.6 Å². The molecular formula is C30H30N2O4. The molecule has 5 rings (SSSR count). The molecule has 1 fully saturated rings. The quantitative estimate of drug-likeness (QED) is 0.483. The zero-order chi connectivity index (χ0) is 25.1. The monoisotopic (exact) mass is 482 g/mol. The van der Waals surface area contributed by atoms with Gasteiger partial charge in [-0.2, -0.15) is 0 Å². The fraction of sp³-hybridized carbons (Fsp3) is 0.267. The number of aliphatic hydroxyl groups is 1. The van der Waals surface area contributed by atoms with Crippen LogP contribution in [-0.4, -0.2) is 50.5 Å². The summed E-state index contributed by atoms with van der Waals surface area (Å²) in [5, 5.41) is 20.3. The SMILES string of the molecule is O=C(O)C1=C(O)CC2(CCN(Cc3ccccc3)CC2)N(Cc2ccc(-c3ccccc3)cc2)C1=O. The summed E-state index contributed by atoms with van der Waals surface area (Å²) in [5.41, 5.74) is 3.25. The van der Waals surface area contributed by atoms with E-state index in [1.54, 1.807) is 4.90 Å². The molecule has 184 valence electrons. The lowest BCUT2D eigenvalue weighted by Gasteiger charge is -2.51. The third kappa shape index (κ3) is 4.77. The molecule has 0 radical (unpaired) electrons. The molecule has 1 amide bonds. The van der Waals surface area contributed by atoms with Crippen molar-refractivity contribution in [2.75, 3.05) is 13.1 Å². The molecule has 2 N–H and O–H groups in total. The minimum atomic E-state index is -1.38. The number of likely N-dealkylation sites (tertiary alicyclic amines) is 1. The van der Waals surface area contributed by atoms with Crippen LogP contribution in [0.5, 0.6) is 0 Å². The van der Waals surface area contributed by atoms with Crippen molar-refractivity contribution in [2.24, 2.45) is 0 Å². The number of aliphatic hydroxyl groups excluding tert-OH is 1. The van der Waals surface area contributed by atoms with Gasteiger partial charge in [0.25, 0.3) is 5.91 Å². The smallest absolute Gasteiger partial charge is 0.344 e. The van der Waals surface area contributed by atoms with Crippen molar-refractivity contribution in [2.45, 2.75) is 37.9 Å². The Labute approximate surface area is 211 Å². The van der Waals surface area contributed by atoms with E-state index in [-0.39, 0.29) is 12.2 Å². The molecule has 2 aliphatic rings. The van der Waals surface area contributed by atoms with Crippen LogP contribution in [0.15, 0.2) is 96.3 Å². The highest BCUT2D eigenvalue weighted by molar-refractivity contribution is 6.16. The molecule has 1 saturated heterocycles. The van der Waals surface area contributed by atoms with Crippen molar-refractivity contribution < 1.29 is 19.8 Å². The molecule has 36 heavy (non-hydrogen) atoms. The molecule has 0 bridgehead atoms. The van der Waals surface area contributed by atoms with Crippen LogP contribution < -0.4 is 0 Å². The maximum absolute atomic E-state index is 13.4. The molecule has 6 heteroatoms. The number of benzene rings is 3. The Bertz CT molecular complexity index is 1260. The van der Waals surface area contributed by atoms with Gasteiger partial charge in [-0.25, -0.2) is 4.79 Å². The topological polar surface area (TPSA) is 81.1 Å². The minimum Gasteiger partial charge on any atom is -0.511 e. The molecule has 1 spiro atoms. The second-order valence-corrected chi connectivity index (χ2v) is 9.74. The Balaban J connectivity index is 1.38. The maximum Gasteiger partial charge on any atom is 0.344 e. The summed E-state index contributed by atoms with van der Waals surface area (Å²) in [4.78, 5) is 29.3. The first-order chi connectivity index (χ1) is 17.4. The Morgan fingerprint density at radius 3 is 1.94 bits per heavy atom. The first-order valence-corrected chi connectivity index (χ1v) is 12.3. The molecule has 2 heterocycles. The first-order valence-electron chi connectivity index (χ1n) is 12.3. The highest BCUT2D eigenvalue weighted by Crippen LogP contribution is 2.41. The number of hydrogen-bond donors (Lipinski definition) is 2. The fourth-order valence-corrected chi connectivity index (χ4v) is 5.46. The van der Waals surface area contributed by atoms with E-state index in [2.05, 4.69) is 17.0 Å². The largest absolute Gasteiger partial charge is 0.511 e. The summed E-state index contributed by atoms with van der Waals surface area (Å²) >= 11 is 0. The summed E-state index contributed by atoms with van der Waals surface area (Å²) in [6, 6.07) is 28.4. The lowest BCUT2D eigenvalue weighted by atomic mass is 9.78. The minimum absolute atomic E-state index is 0.168. The van der Waals surface area contributed by atoms with E-state index in [1.807, 2.05) is 72.8 Å². The predicted octanol–water partition coefficient (Wildman–Crippen LogP) is 5.02. The fourth-order valence-electron chi connectivity index (χ4n) is 5.46. The van der Waals surface area contributed by atoms with Gasteiger partial charge in [-0.05, 0) is 35.1 Å². The molecule has 6 nitrogen and oxygen atoms in total. The Hall–Kier alpha value is -3.90. The first kappa shape index (κ1) is 23.8. The summed E-state index contributed by atoms with van der Waals surface area (Å²) in [6.07, 6.45) is 1.51. The summed E-state index contributed by atoms with van der Waals surface area (Å²) in [7, 11) is 0. The number of piperidine rings is 1. The van der Waals surface area contributed by atoms with Gasteiger partial charge < -0.3 is 15.1 Å². The van der Waals surface area contributed by atoms with E-state index < -0.39 is 23.0 Å². The van der Waals surface area contributed by atoms with E-state index in [4.69, 9.17) is 0 Å². The number of amides is 1. The van der Waals surface area contributed by atoms with Crippen molar-refractivity contribution in [1.29, 1.82) is 0 Å². The van der Waals surface area contributed by atoms with Gasteiger partial charge in [0.1, 0.15) is 5.76 Å². The number of nitrogens with zero attached hydrogens (tertiary/aromatic N) is 2. The van der Waals surface area contributed by atoms with Gasteiger partial charge in [-0.3, -0.25) is 9.69 Å². The molecule has 2 aliphatic heterocycles. The van der Waals surface area contributed by atoms with Gasteiger partial charge in [0.15, 0.2) is 5.57 Å². The average Bonchev–Trinajstić information content (AvgIpc) is 2.89. The molecule has 0 aromatic heterocycles. The van der Waals surface area contributed by atoms with E-state index >= 15 is 0 Å².